The molecule has 0 aliphatic carbocycles. The molecule has 0 aliphatic rings. The molecule has 5 heteroatoms. The van der Waals surface area contributed by atoms with Crippen LogP contribution < -0.4 is 5.32 Å². The molecule has 0 aromatic carbocycles. The van der Waals surface area contributed by atoms with Gasteiger partial charge in [-0.05, 0) is 11.4 Å². The second-order valence-electron chi connectivity index (χ2n) is 2.13. The summed E-state index contributed by atoms with van der Waals surface area (Å²) < 4.78 is 0.713. The Kier molecular flexibility index (Phi) is 3.85. The van der Waals surface area contributed by atoms with Crippen LogP contribution in [0, 0.1) is 0 Å². The van der Waals surface area contributed by atoms with E-state index in [1.807, 2.05) is 11.4 Å². The first kappa shape index (κ1) is 9.84. The summed E-state index contributed by atoms with van der Waals surface area (Å²) in [6.45, 7) is 0.452. The number of nitrogens with one attached hydrogen (secondary N) is 1. The predicted molar refractivity (Wildman–Crippen MR) is 51.9 cm³/mol. The van der Waals surface area contributed by atoms with Gasteiger partial charge >= 0.3 is 0 Å². The number of amides is 1. The van der Waals surface area contributed by atoms with Crippen LogP contribution in [0.15, 0.2) is 11.4 Å². The first-order valence-corrected chi connectivity index (χ1v) is 5.08. The van der Waals surface area contributed by atoms with Gasteiger partial charge in [-0.15, -0.1) is 22.9 Å². The number of hydrogen-bond acceptors (Lipinski definition) is 2. The Morgan fingerprint density at radius 2 is 2.42 bits per heavy atom. The first-order valence-electron chi connectivity index (χ1n) is 3.28. The minimum atomic E-state index is -0.182. The van der Waals surface area contributed by atoms with Crippen molar-refractivity contribution in [3.63, 3.8) is 0 Å². The molecule has 0 bridgehead atoms. The third kappa shape index (κ3) is 2.66. The Morgan fingerprint density at radius 1 is 1.67 bits per heavy atom. The molecule has 0 saturated heterocycles. The van der Waals surface area contributed by atoms with Crippen LogP contribution in [-0.4, -0.2) is 11.8 Å². The summed E-state index contributed by atoms with van der Waals surface area (Å²) in [6, 6.07) is 1.88. The van der Waals surface area contributed by atoms with Gasteiger partial charge in [-0.3, -0.25) is 4.79 Å². The lowest BCUT2D eigenvalue weighted by Gasteiger charge is -2.00. The Labute approximate surface area is 84.5 Å². The van der Waals surface area contributed by atoms with Crippen LogP contribution in [-0.2, 0) is 11.3 Å². The zero-order chi connectivity index (χ0) is 8.97. The molecule has 0 radical (unpaired) electrons. The fourth-order valence-electron chi connectivity index (χ4n) is 0.687. The fraction of sp³-hybridized carbons (Fsp3) is 0.286. The van der Waals surface area contributed by atoms with Crippen LogP contribution in [0.4, 0.5) is 0 Å². The van der Waals surface area contributed by atoms with Crippen LogP contribution in [0.3, 0.4) is 0 Å². The van der Waals surface area contributed by atoms with Crippen molar-refractivity contribution < 1.29 is 4.79 Å². The highest BCUT2D eigenvalue weighted by Gasteiger charge is 2.02. The summed E-state index contributed by atoms with van der Waals surface area (Å²) in [7, 11) is 0. The van der Waals surface area contributed by atoms with Crippen LogP contribution >= 0.6 is 34.5 Å². The molecule has 1 aromatic rings. The third-order valence-electron chi connectivity index (χ3n) is 1.29. The van der Waals surface area contributed by atoms with Crippen molar-refractivity contribution in [1.82, 2.24) is 5.32 Å². The van der Waals surface area contributed by atoms with Crippen LogP contribution in [0.25, 0.3) is 0 Å². The summed E-state index contributed by atoms with van der Waals surface area (Å²) in [5, 5.41) is 4.51. The maximum atomic E-state index is 10.7. The molecule has 1 N–H and O–H groups in total. The molecule has 0 atom stereocenters. The Morgan fingerprint density at radius 3 is 2.92 bits per heavy atom. The highest BCUT2D eigenvalue weighted by molar-refractivity contribution is 7.14. The molecule has 1 rings (SSSR count). The second-order valence-corrected chi connectivity index (χ2v) is 3.92. The van der Waals surface area contributed by atoms with Crippen LogP contribution in [0.2, 0.25) is 4.34 Å². The molecule has 0 fully saturated rings. The predicted octanol–water partition coefficient (Wildman–Crippen LogP) is 2.26. The van der Waals surface area contributed by atoms with Gasteiger partial charge in [0.2, 0.25) is 5.91 Å². The molecule has 66 valence electrons. The SMILES string of the molecule is O=C(CCl)NCc1ccsc1Cl. The van der Waals surface area contributed by atoms with Gasteiger partial charge in [-0.25, -0.2) is 0 Å². The van der Waals surface area contributed by atoms with Gasteiger partial charge in [0.15, 0.2) is 0 Å². The van der Waals surface area contributed by atoms with E-state index < -0.39 is 0 Å². The fourth-order valence-corrected chi connectivity index (χ4v) is 1.71. The summed E-state index contributed by atoms with van der Waals surface area (Å²) in [6.07, 6.45) is 0. The summed E-state index contributed by atoms with van der Waals surface area (Å²) in [5.41, 5.74) is 0.931. The number of hydrogen-bond donors (Lipinski definition) is 1. The molecule has 12 heavy (non-hydrogen) atoms. The van der Waals surface area contributed by atoms with Crippen molar-refractivity contribution in [2.75, 3.05) is 5.88 Å². The first-order chi connectivity index (χ1) is 5.74. The van der Waals surface area contributed by atoms with Gasteiger partial charge in [0.25, 0.3) is 0 Å². The maximum absolute atomic E-state index is 10.7. The molecule has 2 nitrogen and oxygen atoms in total. The lowest BCUT2D eigenvalue weighted by atomic mass is 10.3. The molecule has 1 heterocycles. The van der Waals surface area contributed by atoms with Gasteiger partial charge < -0.3 is 5.32 Å². The molecule has 1 amide bonds. The minimum absolute atomic E-state index is 0.0121. The van der Waals surface area contributed by atoms with Crippen molar-refractivity contribution in [2.45, 2.75) is 6.54 Å². The van der Waals surface area contributed by atoms with E-state index in [4.69, 9.17) is 23.2 Å². The van der Waals surface area contributed by atoms with Gasteiger partial charge in [0.05, 0.1) is 4.34 Å². The standard InChI is InChI=1S/C7H7Cl2NOS/c8-3-6(11)10-4-5-1-2-12-7(5)9/h1-2H,3-4H2,(H,10,11). The molecule has 0 spiro atoms. The summed E-state index contributed by atoms with van der Waals surface area (Å²) in [4.78, 5) is 10.7. The zero-order valence-electron chi connectivity index (χ0n) is 6.14. The maximum Gasteiger partial charge on any atom is 0.235 e. The highest BCUT2D eigenvalue weighted by Crippen LogP contribution is 2.22. The Balaban J connectivity index is 2.43. The van der Waals surface area contributed by atoms with Gasteiger partial charge in [-0.2, -0.15) is 0 Å². The number of halogens is 2. The number of carbonyl (C=O) groups excluding carboxylic acids is 1. The van der Waals surface area contributed by atoms with E-state index in [-0.39, 0.29) is 11.8 Å². The monoisotopic (exact) mass is 223 g/mol. The van der Waals surface area contributed by atoms with Crippen molar-refractivity contribution in [1.29, 1.82) is 0 Å². The van der Waals surface area contributed by atoms with Gasteiger partial charge in [0.1, 0.15) is 5.88 Å². The summed E-state index contributed by atoms with van der Waals surface area (Å²) >= 11 is 12.5. The average Bonchev–Trinajstić information content (AvgIpc) is 2.47. The Hall–Kier alpha value is -0.250. The summed E-state index contributed by atoms with van der Waals surface area (Å²) in [5.74, 6) is -0.194. The van der Waals surface area contributed by atoms with E-state index in [0.717, 1.165) is 5.56 Å². The molecule has 0 saturated carbocycles. The van der Waals surface area contributed by atoms with Crippen molar-refractivity contribution >= 4 is 40.4 Å². The molecular formula is C7H7Cl2NOS. The lowest BCUT2D eigenvalue weighted by Crippen LogP contribution is -2.23. The van der Waals surface area contributed by atoms with E-state index >= 15 is 0 Å². The lowest BCUT2D eigenvalue weighted by molar-refractivity contribution is -0.118. The van der Waals surface area contributed by atoms with Crippen molar-refractivity contribution in [3.05, 3.63) is 21.3 Å². The van der Waals surface area contributed by atoms with Gasteiger partial charge in [-0.1, -0.05) is 11.6 Å². The molecule has 0 aliphatic heterocycles. The van der Waals surface area contributed by atoms with E-state index in [2.05, 4.69) is 5.32 Å². The third-order valence-corrected chi connectivity index (χ3v) is 2.78. The molecule has 0 unspecified atom stereocenters. The topological polar surface area (TPSA) is 29.1 Å². The number of thiophene rings is 1. The largest absolute Gasteiger partial charge is 0.351 e. The second kappa shape index (κ2) is 4.70. The van der Waals surface area contributed by atoms with E-state index in [1.165, 1.54) is 11.3 Å². The van der Waals surface area contributed by atoms with E-state index in [1.54, 1.807) is 0 Å². The number of alkyl halides is 1. The minimum Gasteiger partial charge on any atom is -0.351 e. The van der Waals surface area contributed by atoms with Gasteiger partial charge in [0, 0.05) is 12.1 Å². The zero-order valence-corrected chi connectivity index (χ0v) is 8.47. The van der Waals surface area contributed by atoms with Crippen molar-refractivity contribution in [3.8, 4) is 0 Å². The van der Waals surface area contributed by atoms with E-state index in [9.17, 15) is 4.79 Å². The quantitative estimate of drug-likeness (QED) is 0.784. The van der Waals surface area contributed by atoms with Crippen LogP contribution in [0.5, 0.6) is 0 Å². The normalized spacial score (nSPS) is 9.83. The number of rotatable bonds is 3. The van der Waals surface area contributed by atoms with Crippen molar-refractivity contribution in [2.24, 2.45) is 0 Å². The average molecular weight is 224 g/mol. The molecular weight excluding hydrogens is 217 g/mol. The smallest absolute Gasteiger partial charge is 0.235 e. The van der Waals surface area contributed by atoms with E-state index in [0.29, 0.717) is 10.9 Å². The molecule has 1 aromatic heterocycles. The highest BCUT2D eigenvalue weighted by atomic mass is 35.5. The number of carbonyl (C=O) groups is 1. The Bertz CT molecular complexity index is 274. The van der Waals surface area contributed by atoms with Crippen LogP contribution in [0.1, 0.15) is 5.56 Å².